The molecule has 0 spiro atoms. The number of thiophene rings is 1. The highest BCUT2D eigenvalue weighted by molar-refractivity contribution is 7.09. The van der Waals surface area contributed by atoms with Crippen molar-refractivity contribution in [2.45, 2.75) is 26.3 Å². The highest BCUT2D eigenvalue weighted by Crippen LogP contribution is 2.26. The molecule has 6 heteroatoms. The number of rotatable bonds is 6. The largest absolute Gasteiger partial charge is 0.396 e. The number of aromatic nitrogens is 2. The first-order valence-electron chi connectivity index (χ1n) is 7.24. The molecular formula is C16H18ClN3OS. The highest BCUT2D eigenvalue weighted by atomic mass is 35.5. The zero-order chi connectivity index (χ0) is 15.5. The minimum Gasteiger partial charge on any atom is -0.396 e. The summed E-state index contributed by atoms with van der Waals surface area (Å²) in [5.74, 6) is 0. The average molecular weight is 336 g/mol. The van der Waals surface area contributed by atoms with Crippen LogP contribution >= 0.6 is 22.9 Å². The van der Waals surface area contributed by atoms with Crippen LogP contribution in [0.2, 0.25) is 5.15 Å². The van der Waals surface area contributed by atoms with Gasteiger partial charge in [0.1, 0.15) is 0 Å². The molecule has 116 valence electrons. The zero-order valence-electron chi connectivity index (χ0n) is 12.3. The van der Waals surface area contributed by atoms with Crippen LogP contribution in [0.15, 0.2) is 29.6 Å². The van der Waals surface area contributed by atoms with E-state index in [-0.39, 0.29) is 6.61 Å². The van der Waals surface area contributed by atoms with Crippen LogP contribution in [0.4, 0.5) is 5.69 Å². The van der Waals surface area contributed by atoms with Crippen molar-refractivity contribution >= 4 is 34.1 Å². The van der Waals surface area contributed by atoms with Gasteiger partial charge in [-0.3, -0.25) is 0 Å². The molecule has 0 aliphatic carbocycles. The van der Waals surface area contributed by atoms with Gasteiger partial charge in [-0.25, -0.2) is 4.52 Å². The van der Waals surface area contributed by atoms with E-state index in [2.05, 4.69) is 27.9 Å². The van der Waals surface area contributed by atoms with E-state index in [0.717, 1.165) is 36.3 Å². The smallest absolute Gasteiger partial charge is 0.152 e. The second kappa shape index (κ2) is 6.69. The topological polar surface area (TPSA) is 49.6 Å². The SMILES string of the molecule is Cc1c(CCCO)cc2c(NCc3cccs3)cc(Cl)nn12. The molecule has 0 aliphatic heterocycles. The third-order valence-electron chi connectivity index (χ3n) is 3.69. The monoisotopic (exact) mass is 335 g/mol. The van der Waals surface area contributed by atoms with Gasteiger partial charge in [0.25, 0.3) is 0 Å². The molecule has 0 aromatic carbocycles. The van der Waals surface area contributed by atoms with Crippen molar-refractivity contribution in [3.63, 3.8) is 0 Å². The number of aliphatic hydroxyl groups is 1. The maximum atomic E-state index is 9.03. The molecule has 3 rings (SSSR count). The summed E-state index contributed by atoms with van der Waals surface area (Å²) >= 11 is 7.89. The van der Waals surface area contributed by atoms with E-state index in [9.17, 15) is 0 Å². The van der Waals surface area contributed by atoms with Crippen molar-refractivity contribution in [3.05, 3.63) is 50.9 Å². The van der Waals surface area contributed by atoms with E-state index in [1.165, 1.54) is 10.4 Å². The summed E-state index contributed by atoms with van der Waals surface area (Å²) in [5.41, 5.74) is 4.27. The second-order valence-electron chi connectivity index (χ2n) is 5.19. The predicted octanol–water partition coefficient (Wildman–Crippen LogP) is 3.89. The van der Waals surface area contributed by atoms with Crippen molar-refractivity contribution in [1.82, 2.24) is 9.61 Å². The fourth-order valence-corrected chi connectivity index (χ4v) is 3.37. The van der Waals surface area contributed by atoms with Crippen LogP contribution in [0, 0.1) is 6.92 Å². The molecule has 3 aromatic heterocycles. The van der Waals surface area contributed by atoms with E-state index < -0.39 is 0 Å². The molecule has 4 nitrogen and oxygen atoms in total. The van der Waals surface area contributed by atoms with Crippen molar-refractivity contribution in [3.8, 4) is 0 Å². The lowest BCUT2D eigenvalue weighted by Crippen LogP contribution is -2.02. The molecule has 0 atom stereocenters. The Morgan fingerprint density at radius 2 is 2.27 bits per heavy atom. The minimum atomic E-state index is 0.198. The Morgan fingerprint density at radius 1 is 1.41 bits per heavy atom. The highest BCUT2D eigenvalue weighted by Gasteiger charge is 2.12. The predicted molar refractivity (Wildman–Crippen MR) is 92.0 cm³/mol. The summed E-state index contributed by atoms with van der Waals surface area (Å²) in [7, 11) is 0. The third-order valence-corrected chi connectivity index (χ3v) is 4.75. The van der Waals surface area contributed by atoms with E-state index in [1.54, 1.807) is 11.3 Å². The first-order chi connectivity index (χ1) is 10.7. The fourth-order valence-electron chi connectivity index (χ4n) is 2.55. The van der Waals surface area contributed by atoms with Crippen LogP contribution in [0.5, 0.6) is 0 Å². The van der Waals surface area contributed by atoms with Crippen LogP contribution in [-0.2, 0) is 13.0 Å². The number of nitrogens with one attached hydrogen (secondary N) is 1. The first kappa shape index (κ1) is 15.3. The van der Waals surface area contributed by atoms with Gasteiger partial charge >= 0.3 is 0 Å². The normalized spacial score (nSPS) is 11.2. The van der Waals surface area contributed by atoms with Gasteiger partial charge in [-0.05, 0) is 42.8 Å². The lowest BCUT2D eigenvalue weighted by atomic mass is 10.1. The van der Waals surface area contributed by atoms with Gasteiger partial charge in [-0.1, -0.05) is 17.7 Å². The first-order valence-corrected chi connectivity index (χ1v) is 8.49. The van der Waals surface area contributed by atoms with Crippen LogP contribution < -0.4 is 5.32 Å². The van der Waals surface area contributed by atoms with Gasteiger partial charge in [-0.15, -0.1) is 11.3 Å². The summed E-state index contributed by atoms with van der Waals surface area (Å²) in [6.07, 6.45) is 1.59. The average Bonchev–Trinajstić information content (AvgIpc) is 3.12. The Morgan fingerprint density at radius 3 is 3.00 bits per heavy atom. The van der Waals surface area contributed by atoms with Gasteiger partial charge in [0.15, 0.2) is 5.15 Å². The molecule has 0 saturated carbocycles. The summed E-state index contributed by atoms with van der Waals surface area (Å²) in [6, 6.07) is 8.14. The Hall–Kier alpha value is -1.56. The van der Waals surface area contributed by atoms with Crippen LogP contribution in [0.3, 0.4) is 0 Å². The van der Waals surface area contributed by atoms with E-state index >= 15 is 0 Å². The quantitative estimate of drug-likeness (QED) is 0.718. The van der Waals surface area contributed by atoms with Crippen LogP contribution in [-0.4, -0.2) is 21.3 Å². The number of aliphatic hydroxyl groups excluding tert-OH is 1. The Balaban J connectivity index is 1.94. The Bertz CT molecular complexity index is 767. The lowest BCUT2D eigenvalue weighted by molar-refractivity contribution is 0.288. The summed E-state index contributed by atoms with van der Waals surface area (Å²) in [5, 5.41) is 19.4. The third kappa shape index (κ3) is 3.11. The second-order valence-corrected chi connectivity index (χ2v) is 6.61. The maximum Gasteiger partial charge on any atom is 0.152 e. The zero-order valence-corrected chi connectivity index (χ0v) is 13.9. The number of fused-ring (bicyclic) bond motifs is 1. The van der Waals surface area contributed by atoms with E-state index in [0.29, 0.717) is 5.15 Å². The van der Waals surface area contributed by atoms with E-state index in [1.807, 2.05) is 23.6 Å². The number of nitrogens with zero attached hydrogens (tertiary/aromatic N) is 2. The van der Waals surface area contributed by atoms with Gasteiger partial charge in [0.2, 0.25) is 0 Å². The van der Waals surface area contributed by atoms with Gasteiger partial charge in [0.05, 0.1) is 11.2 Å². The minimum absolute atomic E-state index is 0.198. The fraction of sp³-hybridized carbons (Fsp3) is 0.312. The van der Waals surface area contributed by atoms with Gasteiger partial charge in [0, 0.05) is 29.8 Å². The summed E-state index contributed by atoms with van der Waals surface area (Å²) in [6.45, 7) is 3.00. The molecule has 0 aliphatic rings. The summed E-state index contributed by atoms with van der Waals surface area (Å²) in [4.78, 5) is 1.27. The van der Waals surface area contributed by atoms with Crippen molar-refractivity contribution in [2.75, 3.05) is 11.9 Å². The number of halogens is 1. The molecule has 0 unspecified atom stereocenters. The van der Waals surface area contributed by atoms with Crippen LogP contribution in [0.25, 0.3) is 5.52 Å². The molecule has 0 bridgehead atoms. The van der Waals surface area contributed by atoms with Crippen molar-refractivity contribution in [1.29, 1.82) is 0 Å². The number of hydrogen-bond donors (Lipinski definition) is 2. The molecular weight excluding hydrogens is 318 g/mol. The lowest BCUT2D eigenvalue weighted by Gasteiger charge is -2.08. The number of anilines is 1. The van der Waals surface area contributed by atoms with Gasteiger partial charge < -0.3 is 10.4 Å². The molecule has 2 N–H and O–H groups in total. The molecule has 3 heterocycles. The molecule has 3 aromatic rings. The molecule has 0 amide bonds. The molecule has 0 fully saturated rings. The molecule has 0 radical (unpaired) electrons. The Kier molecular flexibility index (Phi) is 4.66. The maximum absolute atomic E-state index is 9.03. The van der Waals surface area contributed by atoms with Crippen LogP contribution in [0.1, 0.15) is 22.6 Å². The Labute approximate surface area is 138 Å². The van der Waals surface area contributed by atoms with Gasteiger partial charge in [-0.2, -0.15) is 5.10 Å². The number of aryl methyl sites for hydroxylation is 2. The van der Waals surface area contributed by atoms with E-state index in [4.69, 9.17) is 16.7 Å². The molecule has 0 saturated heterocycles. The molecule has 22 heavy (non-hydrogen) atoms. The standard InChI is InChI=1S/C16H18ClN3OS/c1-11-12(4-2-6-21)8-15-14(9-16(17)19-20(11)15)18-10-13-5-3-7-22-13/h3,5,7-9,18,21H,2,4,6,10H2,1H3. The number of hydrogen-bond acceptors (Lipinski definition) is 4. The summed E-state index contributed by atoms with van der Waals surface area (Å²) < 4.78 is 1.88. The van der Waals surface area contributed by atoms with Crippen molar-refractivity contribution < 1.29 is 5.11 Å². The van der Waals surface area contributed by atoms with Crippen molar-refractivity contribution in [2.24, 2.45) is 0 Å².